The van der Waals surface area contributed by atoms with Crippen molar-refractivity contribution in [2.45, 2.75) is 31.2 Å². The van der Waals surface area contributed by atoms with Crippen molar-refractivity contribution < 1.29 is 14.0 Å². The van der Waals surface area contributed by atoms with Gasteiger partial charge in [0.25, 0.3) is 0 Å². The van der Waals surface area contributed by atoms with Crippen LogP contribution in [0.1, 0.15) is 30.0 Å². The van der Waals surface area contributed by atoms with Gasteiger partial charge in [0, 0.05) is 42.6 Å². The van der Waals surface area contributed by atoms with Crippen LogP contribution in [-0.2, 0) is 16.0 Å². The molecule has 1 aliphatic rings. The molecule has 1 fully saturated rings. The van der Waals surface area contributed by atoms with Crippen LogP contribution < -0.4 is 5.32 Å². The third-order valence-electron chi connectivity index (χ3n) is 4.13. The highest BCUT2D eigenvalue weighted by Gasteiger charge is 2.41. The number of pyridine rings is 1. The molecule has 3 rings (SSSR count). The number of nitrogens with zero attached hydrogens (tertiary/aromatic N) is 2. The first-order valence-electron chi connectivity index (χ1n) is 8.33. The maximum atomic E-state index is 12.6. The molecule has 25 heavy (non-hydrogen) atoms. The summed E-state index contributed by atoms with van der Waals surface area (Å²) in [6.45, 7) is 2.31. The largest absolute Gasteiger partial charge is 0.472 e. The third-order valence-corrected chi connectivity index (χ3v) is 5.45. The maximum absolute atomic E-state index is 12.6. The molecule has 2 aromatic rings. The van der Waals surface area contributed by atoms with Gasteiger partial charge in [0.1, 0.15) is 11.4 Å². The molecular formula is C18H21N3O3S. The smallest absolute Gasteiger partial charge is 0.243 e. The lowest BCUT2D eigenvalue weighted by molar-refractivity contribution is -0.139. The second kappa shape index (κ2) is 8.20. The summed E-state index contributed by atoms with van der Waals surface area (Å²) >= 11 is 1.59. The van der Waals surface area contributed by atoms with E-state index in [9.17, 15) is 9.59 Å². The van der Waals surface area contributed by atoms with Gasteiger partial charge in [-0.05, 0) is 18.2 Å². The van der Waals surface area contributed by atoms with E-state index in [0.717, 1.165) is 11.3 Å². The highest BCUT2D eigenvalue weighted by molar-refractivity contribution is 7.99. The van der Waals surface area contributed by atoms with Gasteiger partial charge in [0.05, 0.1) is 12.5 Å². The molecule has 0 saturated carbocycles. The molecule has 0 radical (unpaired) electrons. The summed E-state index contributed by atoms with van der Waals surface area (Å²) in [5, 5.41) is 2.77. The Morgan fingerprint density at radius 3 is 2.96 bits per heavy atom. The van der Waals surface area contributed by atoms with Gasteiger partial charge in [-0.15, -0.1) is 11.8 Å². The minimum atomic E-state index is -0.457. The number of carbonyl (C=O) groups is 2. The van der Waals surface area contributed by atoms with Crippen LogP contribution in [0.5, 0.6) is 0 Å². The minimum absolute atomic E-state index is 0.0268. The lowest BCUT2D eigenvalue weighted by atomic mass is 10.2. The van der Waals surface area contributed by atoms with Crippen molar-refractivity contribution in [1.29, 1.82) is 0 Å². The number of carbonyl (C=O) groups excluding carboxylic acids is 2. The van der Waals surface area contributed by atoms with Crippen molar-refractivity contribution in [3.63, 3.8) is 0 Å². The molecule has 2 amide bonds. The number of rotatable bonds is 6. The van der Waals surface area contributed by atoms with E-state index in [2.05, 4.69) is 10.3 Å². The summed E-state index contributed by atoms with van der Waals surface area (Å²) in [6.07, 6.45) is 5.99. The van der Waals surface area contributed by atoms with Crippen LogP contribution in [0.15, 0.2) is 47.4 Å². The number of furan rings is 1. The van der Waals surface area contributed by atoms with Gasteiger partial charge in [-0.3, -0.25) is 14.6 Å². The molecule has 132 valence electrons. The standard InChI is InChI=1S/C18H21N3O3S/c1-2-16(22)21-15(12-25-18(21)13-7-10-24-11-13)17(23)20-9-6-14-5-3-4-8-19-14/h3-5,7-8,10-11,15,18H,2,6,9,12H2,1H3,(H,20,23). The minimum Gasteiger partial charge on any atom is -0.472 e. The molecule has 1 saturated heterocycles. The summed E-state index contributed by atoms with van der Waals surface area (Å²) in [6, 6.07) is 7.10. The van der Waals surface area contributed by atoms with Gasteiger partial charge in [-0.2, -0.15) is 0 Å². The molecule has 1 aliphatic heterocycles. The molecule has 0 bridgehead atoms. The zero-order valence-corrected chi connectivity index (χ0v) is 14.9. The van der Waals surface area contributed by atoms with Crippen LogP contribution in [-0.4, -0.2) is 40.0 Å². The molecule has 0 aromatic carbocycles. The van der Waals surface area contributed by atoms with E-state index >= 15 is 0 Å². The molecule has 7 heteroatoms. The fourth-order valence-electron chi connectivity index (χ4n) is 2.85. The van der Waals surface area contributed by atoms with Crippen LogP contribution in [0.25, 0.3) is 0 Å². The van der Waals surface area contributed by atoms with Gasteiger partial charge in [0.15, 0.2) is 0 Å². The molecular weight excluding hydrogens is 338 g/mol. The Morgan fingerprint density at radius 1 is 1.40 bits per heavy atom. The highest BCUT2D eigenvalue weighted by atomic mass is 32.2. The van der Waals surface area contributed by atoms with E-state index in [-0.39, 0.29) is 17.2 Å². The first kappa shape index (κ1) is 17.5. The molecule has 6 nitrogen and oxygen atoms in total. The number of hydrogen-bond donors (Lipinski definition) is 1. The summed E-state index contributed by atoms with van der Waals surface area (Å²) in [7, 11) is 0. The zero-order chi connectivity index (χ0) is 17.6. The molecule has 2 aromatic heterocycles. The topological polar surface area (TPSA) is 75.4 Å². The Labute approximate surface area is 151 Å². The Balaban J connectivity index is 1.63. The second-order valence-electron chi connectivity index (χ2n) is 5.77. The molecule has 3 heterocycles. The molecule has 0 aliphatic carbocycles. The van der Waals surface area contributed by atoms with Crippen LogP contribution in [0.3, 0.4) is 0 Å². The average molecular weight is 359 g/mol. The molecule has 0 spiro atoms. The van der Waals surface area contributed by atoms with Crippen molar-refractivity contribution in [1.82, 2.24) is 15.2 Å². The lowest BCUT2D eigenvalue weighted by Crippen LogP contribution is -2.48. The predicted molar refractivity (Wildman–Crippen MR) is 95.8 cm³/mol. The van der Waals surface area contributed by atoms with E-state index in [0.29, 0.717) is 25.1 Å². The Hall–Kier alpha value is -2.28. The second-order valence-corrected chi connectivity index (χ2v) is 6.89. The van der Waals surface area contributed by atoms with Crippen LogP contribution in [0.4, 0.5) is 0 Å². The first-order valence-corrected chi connectivity index (χ1v) is 9.38. The van der Waals surface area contributed by atoms with Crippen LogP contribution >= 0.6 is 11.8 Å². The fourth-order valence-corrected chi connectivity index (χ4v) is 4.27. The third kappa shape index (κ3) is 4.04. The van der Waals surface area contributed by atoms with Crippen molar-refractivity contribution in [3.05, 3.63) is 54.2 Å². The molecule has 2 unspecified atom stereocenters. The maximum Gasteiger partial charge on any atom is 0.243 e. The van der Waals surface area contributed by atoms with Crippen LogP contribution in [0.2, 0.25) is 0 Å². The van der Waals surface area contributed by atoms with Gasteiger partial charge in [0.2, 0.25) is 11.8 Å². The van der Waals surface area contributed by atoms with Crippen molar-refractivity contribution in [2.24, 2.45) is 0 Å². The Bertz CT molecular complexity index is 706. The number of amides is 2. The monoisotopic (exact) mass is 359 g/mol. The Morgan fingerprint density at radius 2 is 2.28 bits per heavy atom. The average Bonchev–Trinajstić information content (AvgIpc) is 3.31. The summed E-state index contributed by atoms with van der Waals surface area (Å²) < 4.78 is 5.14. The van der Waals surface area contributed by atoms with Crippen LogP contribution in [0, 0.1) is 0 Å². The van der Waals surface area contributed by atoms with Gasteiger partial charge in [-0.1, -0.05) is 13.0 Å². The summed E-state index contributed by atoms with van der Waals surface area (Å²) in [4.78, 5) is 31.0. The molecule has 1 N–H and O–H groups in total. The van der Waals surface area contributed by atoms with Gasteiger partial charge in [-0.25, -0.2) is 0 Å². The highest BCUT2D eigenvalue weighted by Crippen LogP contribution is 2.41. The number of thioether (sulfide) groups is 1. The summed E-state index contributed by atoms with van der Waals surface area (Å²) in [5.41, 5.74) is 1.84. The summed E-state index contributed by atoms with van der Waals surface area (Å²) in [5.74, 6) is 0.439. The number of nitrogens with one attached hydrogen (secondary N) is 1. The first-order chi connectivity index (χ1) is 12.2. The lowest BCUT2D eigenvalue weighted by Gasteiger charge is -2.28. The normalized spacial score (nSPS) is 19.8. The van der Waals surface area contributed by atoms with E-state index in [1.165, 1.54) is 0 Å². The molecule has 2 atom stereocenters. The van der Waals surface area contributed by atoms with E-state index in [1.807, 2.05) is 31.2 Å². The van der Waals surface area contributed by atoms with Gasteiger partial charge >= 0.3 is 0 Å². The predicted octanol–water partition coefficient (Wildman–Crippen LogP) is 2.39. The fraction of sp³-hybridized carbons (Fsp3) is 0.389. The number of aromatic nitrogens is 1. The quantitative estimate of drug-likeness (QED) is 0.857. The van der Waals surface area contributed by atoms with Crippen molar-refractivity contribution >= 4 is 23.6 Å². The van der Waals surface area contributed by atoms with Crippen molar-refractivity contribution in [3.8, 4) is 0 Å². The van der Waals surface area contributed by atoms with E-state index in [1.54, 1.807) is 35.4 Å². The zero-order valence-electron chi connectivity index (χ0n) is 14.1. The van der Waals surface area contributed by atoms with Gasteiger partial charge < -0.3 is 14.6 Å². The van der Waals surface area contributed by atoms with Crippen molar-refractivity contribution in [2.75, 3.05) is 12.3 Å². The van der Waals surface area contributed by atoms with E-state index < -0.39 is 6.04 Å². The Kier molecular flexibility index (Phi) is 5.75. The van der Waals surface area contributed by atoms with E-state index in [4.69, 9.17) is 4.42 Å². The number of hydrogen-bond acceptors (Lipinski definition) is 5. The SMILES string of the molecule is CCC(=O)N1C(C(=O)NCCc2ccccn2)CSC1c1ccoc1.